The Morgan fingerprint density at radius 1 is 1.60 bits per heavy atom. The SMILES string of the molecule is C=C(CC)CC1(C(=O)O)CC2CCC1O2. The average Bonchev–Trinajstić information content (AvgIpc) is 2.77. The maximum atomic E-state index is 11.4. The van der Waals surface area contributed by atoms with Gasteiger partial charge in [-0.1, -0.05) is 19.1 Å². The molecule has 3 unspecified atom stereocenters. The summed E-state index contributed by atoms with van der Waals surface area (Å²) in [6.45, 7) is 5.95. The van der Waals surface area contributed by atoms with Crippen LogP contribution < -0.4 is 0 Å². The van der Waals surface area contributed by atoms with Crippen LogP contribution in [0.15, 0.2) is 12.2 Å². The summed E-state index contributed by atoms with van der Waals surface area (Å²) in [5, 5.41) is 9.41. The highest BCUT2D eigenvalue weighted by Gasteiger charge is 2.57. The molecule has 3 atom stereocenters. The van der Waals surface area contributed by atoms with Crippen LogP contribution in [0.4, 0.5) is 0 Å². The summed E-state index contributed by atoms with van der Waals surface area (Å²) >= 11 is 0. The van der Waals surface area contributed by atoms with Gasteiger partial charge < -0.3 is 9.84 Å². The molecule has 0 aromatic carbocycles. The fraction of sp³-hybridized carbons (Fsp3) is 0.750. The van der Waals surface area contributed by atoms with Crippen molar-refractivity contribution in [3.05, 3.63) is 12.2 Å². The molecule has 0 amide bonds. The number of hydrogen-bond acceptors (Lipinski definition) is 2. The van der Waals surface area contributed by atoms with Crippen LogP contribution in [0.3, 0.4) is 0 Å². The lowest BCUT2D eigenvalue weighted by atomic mass is 9.70. The molecule has 0 aliphatic carbocycles. The molecule has 0 spiro atoms. The van der Waals surface area contributed by atoms with Gasteiger partial charge in [0.2, 0.25) is 0 Å². The third-order valence-corrected chi connectivity index (χ3v) is 3.81. The van der Waals surface area contributed by atoms with E-state index in [9.17, 15) is 9.90 Å². The van der Waals surface area contributed by atoms with Crippen molar-refractivity contribution in [2.24, 2.45) is 5.41 Å². The van der Waals surface area contributed by atoms with E-state index in [1.54, 1.807) is 0 Å². The third kappa shape index (κ3) is 1.59. The minimum absolute atomic E-state index is 0.0803. The fourth-order valence-corrected chi connectivity index (χ4v) is 2.86. The van der Waals surface area contributed by atoms with E-state index in [1.807, 2.05) is 6.92 Å². The topological polar surface area (TPSA) is 46.5 Å². The van der Waals surface area contributed by atoms with E-state index < -0.39 is 11.4 Å². The van der Waals surface area contributed by atoms with Gasteiger partial charge in [0.1, 0.15) is 5.41 Å². The lowest BCUT2D eigenvalue weighted by molar-refractivity contribution is -0.152. The van der Waals surface area contributed by atoms with Gasteiger partial charge in [0.15, 0.2) is 0 Å². The van der Waals surface area contributed by atoms with Gasteiger partial charge in [-0.05, 0) is 32.1 Å². The minimum atomic E-state index is -0.704. The summed E-state index contributed by atoms with van der Waals surface area (Å²) in [5.74, 6) is -0.704. The Kier molecular flexibility index (Phi) is 2.59. The van der Waals surface area contributed by atoms with E-state index in [1.165, 1.54) is 0 Å². The van der Waals surface area contributed by atoms with Crippen molar-refractivity contribution in [1.29, 1.82) is 0 Å². The molecule has 2 heterocycles. The molecule has 2 bridgehead atoms. The van der Waals surface area contributed by atoms with Crippen molar-refractivity contribution < 1.29 is 14.6 Å². The van der Waals surface area contributed by atoms with Gasteiger partial charge in [0.25, 0.3) is 0 Å². The lowest BCUT2D eigenvalue weighted by Crippen LogP contribution is -2.40. The van der Waals surface area contributed by atoms with Gasteiger partial charge >= 0.3 is 5.97 Å². The summed E-state index contributed by atoms with van der Waals surface area (Å²) in [6, 6.07) is 0. The zero-order chi connectivity index (χ0) is 11.1. The second-order valence-corrected chi connectivity index (χ2v) is 4.77. The van der Waals surface area contributed by atoms with Gasteiger partial charge in [-0.15, -0.1) is 0 Å². The van der Waals surface area contributed by atoms with Crippen molar-refractivity contribution in [3.8, 4) is 0 Å². The van der Waals surface area contributed by atoms with Crippen LogP contribution in [0, 0.1) is 5.41 Å². The monoisotopic (exact) mass is 210 g/mol. The van der Waals surface area contributed by atoms with Crippen molar-refractivity contribution in [1.82, 2.24) is 0 Å². The predicted molar refractivity (Wildman–Crippen MR) is 56.6 cm³/mol. The molecule has 84 valence electrons. The number of hydrogen-bond donors (Lipinski definition) is 1. The van der Waals surface area contributed by atoms with E-state index in [-0.39, 0.29) is 12.2 Å². The van der Waals surface area contributed by atoms with Crippen molar-refractivity contribution >= 4 is 5.97 Å². The molecule has 2 aliphatic heterocycles. The van der Waals surface area contributed by atoms with Crippen LogP contribution in [0.5, 0.6) is 0 Å². The number of carbonyl (C=O) groups is 1. The zero-order valence-corrected chi connectivity index (χ0v) is 9.16. The first-order valence-corrected chi connectivity index (χ1v) is 5.64. The van der Waals surface area contributed by atoms with Gasteiger partial charge in [-0.25, -0.2) is 0 Å². The molecule has 1 N–H and O–H groups in total. The second kappa shape index (κ2) is 3.63. The Bertz CT molecular complexity index is 297. The van der Waals surface area contributed by atoms with Crippen molar-refractivity contribution in [2.75, 3.05) is 0 Å². The Morgan fingerprint density at radius 3 is 2.73 bits per heavy atom. The Hall–Kier alpha value is -0.830. The summed E-state index contributed by atoms with van der Waals surface area (Å²) in [6.07, 6.45) is 4.13. The normalized spacial score (nSPS) is 38.2. The molecule has 2 rings (SSSR count). The van der Waals surface area contributed by atoms with Gasteiger partial charge in [-0.3, -0.25) is 4.79 Å². The van der Waals surface area contributed by atoms with Crippen LogP contribution in [0.25, 0.3) is 0 Å². The molecule has 2 fully saturated rings. The third-order valence-electron chi connectivity index (χ3n) is 3.81. The number of aliphatic carboxylic acids is 1. The van der Waals surface area contributed by atoms with E-state index in [2.05, 4.69) is 6.58 Å². The Labute approximate surface area is 90.1 Å². The summed E-state index contributed by atoms with van der Waals surface area (Å²) in [4.78, 5) is 11.4. The Balaban J connectivity index is 2.19. The molecular formula is C12H18O3. The number of rotatable bonds is 4. The van der Waals surface area contributed by atoms with Crippen LogP contribution in [-0.2, 0) is 9.53 Å². The standard InChI is InChI=1S/C12H18O3/c1-3-8(2)6-12(11(13)14)7-9-4-5-10(12)15-9/h9-10H,2-7H2,1H3,(H,13,14). The highest BCUT2D eigenvalue weighted by Crippen LogP contribution is 2.51. The summed E-state index contributed by atoms with van der Waals surface area (Å²) < 4.78 is 5.67. The summed E-state index contributed by atoms with van der Waals surface area (Å²) in [7, 11) is 0. The van der Waals surface area contributed by atoms with Crippen molar-refractivity contribution in [3.63, 3.8) is 0 Å². The van der Waals surface area contributed by atoms with Gasteiger partial charge in [0.05, 0.1) is 12.2 Å². The molecular weight excluding hydrogens is 192 g/mol. The number of carboxylic acid groups (broad SMARTS) is 1. The molecule has 0 saturated carbocycles. The number of allylic oxidation sites excluding steroid dienone is 1. The first kappa shape index (κ1) is 10.7. The number of carboxylic acids is 1. The predicted octanol–water partition coefficient (Wildman–Crippen LogP) is 2.37. The first-order chi connectivity index (χ1) is 7.08. The number of ether oxygens (including phenoxy) is 1. The van der Waals surface area contributed by atoms with Crippen LogP contribution in [-0.4, -0.2) is 23.3 Å². The quantitative estimate of drug-likeness (QED) is 0.724. The molecule has 3 nitrogen and oxygen atoms in total. The van der Waals surface area contributed by atoms with Gasteiger partial charge in [-0.2, -0.15) is 0 Å². The minimum Gasteiger partial charge on any atom is -0.481 e. The highest BCUT2D eigenvalue weighted by molar-refractivity contribution is 5.76. The molecule has 2 aliphatic rings. The fourth-order valence-electron chi connectivity index (χ4n) is 2.86. The van der Waals surface area contributed by atoms with Gasteiger partial charge in [0, 0.05) is 0 Å². The zero-order valence-electron chi connectivity index (χ0n) is 9.16. The first-order valence-electron chi connectivity index (χ1n) is 5.64. The lowest BCUT2D eigenvalue weighted by Gasteiger charge is -2.31. The smallest absolute Gasteiger partial charge is 0.312 e. The van der Waals surface area contributed by atoms with E-state index >= 15 is 0 Å². The largest absolute Gasteiger partial charge is 0.481 e. The maximum Gasteiger partial charge on any atom is 0.312 e. The van der Waals surface area contributed by atoms with E-state index in [0.29, 0.717) is 12.8 Å². The molecule has 3 heteroatoms. The van der Waals surface area contributed by atoms with Crippen molar-refractivity contribution in [2.45, 2.75) is 51.2 Å². The Morgan fingerprint density at radius 2 is 2.33 bits per heavy atom. The second-order valence-electron chi connectivity index (χ2n) is 4.77. The van der Waals surface area contributed by atoms with E-state index in [4.69, 9.17) is 4.74 Å². The molecule has 0 radical (unpaired) electrons. The average molecular weight is 210 g/mol. The molecule has 0 aromatic heterocycles. The molecule has 15 heavy (non-hydrogen) atoms. The summed E-state index contributed by atoms with van der Waals surface area (Å²) in [5.41, 5.74) is 0.351. The van der Waals surface area contributed by atoms with Crippen LogP contribution in [0.1, 0.15) is 39.0 Å². The van der Waals surface area contributed by atoms with Crippen LogP contribution >= 0.6 is 0 Å². The number of fused-ring (bicyclic) bond motifs is 2. The molecule has 0 aromatic rings. The highest BCUT2D eigenvalue weighted by atomic mass is 16.5. The molecule has 2 saturated heterocycles. The van der Waals surface area contributed by atoms with E-state index in [0.717, 1.165) is 24.8 Å². The maximum absolute atomic E-state index is 11.4. The van der Waals surface area contributed by atoms with Crippen LogP contribution in [0.2, 0.25) is 0 Å².